The summed E-state index contributed by atoms with van der Waals surface area (Å²) in [6, 6.07) is 8.77. The number of amides is 2. The first-order chi connectivity index (χ1) is 10.7. The maximum Gasteiger partial charge on any atom is 0.408 e. The second kappa shape index (κ2) is 7.00. The third kappa shape index (κ3) is 5.25. The third-order valence-corrected chi connectivity index (χ3v) is 3.45. The molecule has 2 amide bonds. The second-order valence-corrected chi connectivity index (χ2v) is 6.79. The van der Waals surface area contributed by atoms with Crippen LogP contribution >= 0.6 is 0 Å². The molecule has 1 atom stereocenters. The molecule has 6 heteroatoms. The first kappa shape index (κ1) is 17.3. The number of hydrogen-bond acceptors (Lipinski definition) is 4. The first-order valence-corrected chi connectivity index (χ1v) is 7.75. The Morgan fingerprint density at radius 1 is 1.30 bits per heavy atom. The summed E-state index contributed by atoms with van der Waals surface area (Å²) < 4.78 is 5.24. The summed E-state index contributed by atoms with van der Waals surface area (Å²) in [6.45, 7) is 5.92. The number of likely N-dealkylation sites (tertiary alicyclic amines) is 1. The molecule has 1 heterocycles. The van der Waals surface area contributed by atoms with Crippen LogP contribution in [-0.2, 0) is 16.0 Å². The quantitative estimate of drug-likeness (QED) is 0.877. The highest BCUT2D eigenvalue weighted by Crippen LogP contribution is 2.14. The zero-order valence-electron chi connectivity index (χ0n) is 13.8. The van der Waals surface area contributed by atoms with E-state index >= 15 is 0 Å². The van der Waals surface area contributed by atoms with Gasteiger partial charge in [-0.3, -0.25) is 4.79 Å². The van der Waals surface area contributed by atoms with Gasteiger partial charge in [0.1, 0.15) is 11.6 Å². The van der Waals surface area contributed by atoms with E-state index < -0.39 is 23.8 Å². The number of hydrogen-bond donors (Lipinski definition) is 2. The van der Waals surface area contributed by atoms with Crippen molar-refractivity contribution >= 4 is 12.0 Å². The Bertz CT molecular complexity index is 547. The van der Waals surface area contributed by atoms with Gasteiger partial charge in [0, 0.05) is 19.5 Å². The number of nitrogens with one attached hydrogen (secondary N) is 1. The lowest BCUT2D eigenvalue weighted by molar-refractivity contribution is -0.143. The summed E-state index contributed by atoms with van der Waals surface area (Å²) in [7, 11) is 0. The van der Waals surface area contributed by atoms with Crippen LogP contribution in [0, 0.1) is 0 Å². The molecule has 1 aliphatic rings. The lowest BCUT2D eigenvalue weighted by Crippen LogP contribution is -2.60. The van der Waals surface area contributed by atoms with Crippen molar-refractivity contribution in [3.63, 3.8) is 0 Å². The van der Waals surface area contributed by atoms with E-state index in [-0.39, 0.29) is 5.91 Å². The summed E-state index contributed by atoms with van der Waals surface area (Å²) in [4.78, 5) is 26.1. The molecule has 1 aliphatic heterocycles. The predicted molar refractivity (Wildman–Crippen MR) is 85.9 cm³/mol. The number of β-amino-alcohol motifs (C(OH)–C–C–N with tert-alkyl or cyclic N) is 1. The van der Waals surface area contributed by atoms with Crippen LogP contribution < -0.4 is 5.32 Å². The maximum absolute atomic E-state index is 12.5. The van der Waals surface area contributed by atoms with E-state index in [0.717, 1.165) is 5.56 Å². The second-order valence-electron chi connectivity index (χ2n) is 6.79. The topological polar surface area (TPSA) is 78.9 Å². The van der Waals surface area contributed by atoms with Crippen molar-refractivity contribution in [2.75, 3.05) is 13.1 Å². The molecule has 0 spiro atoms. The molecule has 0 saturated carbocycles. The largest absolute Gasteiger partial charge is 0.444 e. The van der Waals surface area contributed by atoms with E-state index in [2.05, 4.69) is 5.32 Å². The number of aliphatic hydroxyl groups excluding tert-OH is 1. The van der Waals surface area contributed by atoms with E-state index in [1.165, 1.54) is 4.90 Å². The number of carbonyl (C=O) groups excluding carboxylic acids is 2. The number of carbonyl (C=O) groups is 2. The van der Waals surface area contributed by atoms with Gasteiger partial charge in [-0.1, -0.05) is 30.3 Å². The molecule has 6 nitrogen and oxygen atoms in total. The van der Waals surface area contributed by atoms with Crippen molar-refractivity contribution in [1.82, 2.24) is 10.2 Å². The van der Waals surface area contributed by atoms with E-state index in [4.69, 9.17) is 4.74 Å². The van der Waals surface area contributed by atoms with E-state index in [9.17, 15) is 14.7 Å². The zero-order valence-corrected chi connectivity index (χ0v) is 13.8. The molecule has 1 aromatic carbocycles. The van der Waals surface area contributed by atoms with Crippen molar-refractivity contribution in [2.45, 2.75) is 44.9 Å². The average molecular weight is 320 g/mol. The molecule has 1 aromatic rings. The Morgan fingerprint density at radius 2 is 1.91 bits per heavy atom. The molecule has 0 unspecified atom stereocenters. The molecule has 23 heavy (non-hydrogen) atoms. The fourth-order valence-corrected chi connectivity index (χ4v) is 2.36. The molecule has 0 radical (unpaired) electrons. The summed E-state index contributed by atoms with van der Waals surface area (Å²) >= 11 is 0. The van der Waals surface area contributed by atoms with Crippen LogP contribution in [0.15, 0.2) is 30.3 Å². The number of alkyl carbamates (subject to hydrolysis) is 1. The minimum atomic E-state index is -0.709. The maximum atomic E-state index is 12.5. The van der Waals surface area contributed by atoms with E-state index in [0.29, 0.717) is 19.5 Å². The Hall–Kier alpha value is -2.08. The normalized spacial score (nSPS) is 16.4. The van der Waals surface area contributed by atoms with Crippen LogP contribution in [0.4, 0.5) is 4.79 Å². The Kier molecular flexibility index (Phi) is 5.26. The standard InChI is InChI=1S/C17H24N2O4/c1-17(2,3)23-16(22)18-14(9-12-7-5-4-6-8-12)15(21)19-10-13(20)11-19/h4-8,13-14,20H,9-11H2,1-3H3,(H,18,22)/t14-/m0/s1. The molecule has 1 saturated heterocycles. The average Bonchev–Trinajstić information content (AvgIpc) is 2.41. The SMILES string of the molecule is CC(C)(C)OC(=O)N[C@@H](Cc1ccccc1)C(=O)N1CC(O)C1. The third-order valence-electron chi connectivity index (χ3n) is 3.45. The molecule has 0 bridgehead atoms. The predicted octanol–water partition coefficient (Wildman–Crippen LogP) is 1.33. The number of aliphatic hydroxyl groups is 1. The van der Waals surface area contributed by atoms with Gasteiger partial charge in [0.2, 0.25) is 5.91 Å². The summed E-state index contributed by atoms with van der Waals surface area (Å²) in [5.41, 5.74) is 0.320. The van der Waals surface area contributed by atoms with Crippen molar-refractivity contribution in [3.8, 4) is 0 Å². The fraction of sp³-hybridized carbons (Fsp3) is 0.529. The van der Waals surface area contributed by atoms with E-state index in [1.54, 1.807) is 20.8 Å². The van der Waals surface area contributed by atoms with Crippen molar-refractivity contribution in [1.29, 1.82) is 0 Å². The molecule has 0 aromatic heterocycles. The Morgan fingerprint density at radius 3 is 2.43 bits per heavy atom. The van der Waals surface area contributed by atoms with Gasteiger partial charge >= 0.3 is 6.09 Å². The van der Waals surface area contributed by atoms with Crippen molar-refractivity contribution in [3.05, 3.63) is 35.9 Å². The highest BCUT2D eigenvalue weighted by Gasteiger charge is 2.34. The highest BCUT2D eigenvalue weighted by atomic mass is 16.6. The molecule has 126 valence electrons. The van der Waals surface area contributed by atoms with Gasteiger partial charge in [-0.25, -0.2) is 4.79 Å². The van der Waals surface area contributed by atoms with Crippen LogP contribution in [0.3, 0.4) is 0 Å². The molecular weight excluding hydrogens is 296 g/mol. The summed E-state index contributed by atoms with van der Waals surface area (Å²) in [5, 5.41) is 12.0. The lowest BCUT2D eigenvalue weighted by Gasteiger charge is -2.38. The minimum absolute atomic E-state index is 0.204. The van der Waals surface area contributed by atoms with Crippen molar-refractivity contribution in [2.24, 2.45) is 0 Å². The summed E-state index contributed by atoms with van der Waals surface area (Å²) in [5.74, 6) is -0.204. The van der Waals surface area contributed by atoms with Crippen LogP contribution in [0.25, 0.3) is 0 Å². The van der Waals surface area contributed by atoms with Gasteiger partial charge < -0.3 is 20.1 Å². The number of ether oxygens (including phenoxy) is 1. The van der Waals surface area contributed by atoms with Gasteiger partial charge in [0.25, 0.3) is 0 Å². The van der Waals surface area contributed by atoms with Gasteiger partial charge in [-0.05, 0) is 26.3 Å². The van der Waals surface area contributed by atoms with Gasteiger partial charge in [-0.15, -0.1) is 0 Å². The Labute approximate surface area is 136 Å². The van der Waals surface area contributed by atoms with Crippen LogP contribution in [-0.4, -0.2) is 52.8 Å². The number of rotatable bonds is 4. The lowest BCUT2D eigenvalue weighted by atomic mass is 10.0. The molecule has 1 fully saturated rings. The fourth-order valence-electron chi connectivity index (χ4n) is 2.36. The number of nitrogens with zero attached hydrogens (tertiary/aromatic N) is 1. The van der Waals surface area contributed by atoms with Gasteiger partial charge in [0.05, 0.1) is 6.10 Å². The molecular formula is C17H24N2O4. The molecule has 0 aliphatic carbocycles. The van der Waals surface area contributed by atoms with Gasteiger partial charge in [-0.2, -0.15) is 0 Å². The minimum Gasteiger partial charge on any atom is -0.444 e. The smallest absolute Gasteiger partial charge is 0.408 e. The zero-order chi connectivity index (χ0) is 17.0. The number of benzene rings is 1. The van der Waals surface area contributed by atoms with Gasteiger partial charge in [0.15, 0.2) is 0 Å². The Balaban J connectivity index is 2.04. The first-order valence-electron chi connectivity index (χ1n) is 7.75. The van der Waals surface area contributed by atoms with Crippen LogP contribution in [0.1, 0.15) is 26.3 Å². The highest BCUT2D eigenvalue weighted by molar-refractivity contribution is 5.86. The molecule has 2 rings (SSSR count). The van der Waals surface area contributed by atoms with Crippen LogP contribution in [0.2, 0.25) is 0 Å². The monoisotopic (exact) mass is 320 g/mol. The molecule has 2 N–H and O–H groups in total. The summed E-state index contributed by atoms with van der Waals surface area (Å²) in [6.07, 6.45) is -0.711. The van der Waals surface area contributed by atoms with Crippen molar-refractivity contribution < 1.29 is 19.4 Å². The van der Waals surface area contributed by atoms with Crippen LogP contribution in [0.5, 0.6) is 0 Å². The van der Waals surface area contributed by atoms with E-state index in [1.807, 2.05) is 30.3 Å².